The number of rotatable bonds is 3. The zero-order valence-electron chi connectivity index (χ0n) is 8.25. The number of carboxylic acid groups (broad SMARTS) is 1. The van der Waals surface area contributed by atoms with Crippen LogP contribution in [0, 0.1) is 0 Å². The number of carbonyl (C=O) groups is 1. The Balaban J connectivity index is 3.32. The number of aromatic carboxylic acids is 1. The number of hydrogen-bond acceptors (Lipinski definition) is 2. The summed E-state index contributed by atoms with van der Waals surface area (Å²) in [6.07, 6.45) is 0. The molecule has 0 fully saturated rings. The smallest absolute Gasteiger partial charge is 0.335 e. The Bertz CT molecular complexity index is 383. The van der Waals surface area contributed by atoms with Crippen molar-refractivity contribution in [1.82, 2.24) is 0 Å². The van der Waals surface area contributed by atoms with E-state index in [1.165, 1.54) is 19.2 Å². The molecule has 1 aromatic carbocycles. The van der Waals surface area contributed by atoms with Gasteiger partial charge >= 0.3 is 5.97 Å². The van der Waals surface area contributed by atoms with E-state index in [4.69, 9.17) is 9.84 Å². The molecule has 82 valence electrons. The fourth-order valence-corrected chi connectivity index (χ4v) is 1.18. The van der Waals surface area contributed by atoms with Crippen molar-refractivity contribution in [3.05, 3.63) is 29.3 Å². The third kappa shape index (κ3) is 2.43. The highest BCUT2D eigenvalue weighted by molar-refractivity contribution is 5.88. The molecule has 0 unspecified atom stereocenters. The second kappa shape index (κ2) is 3.84. The molecule has 0 heterocycles. The molecule has 5 heteroatoms. The van der Waals surface area contributed by atoms with Gasteiger partial charge in [-0.1, -0.05) is 0 Å². The monoisotopic (exact) mass is 216 g/mol. The van der Waals surface area contributed by atoms with Crippen molar-refractivity contribution < 1.29 is 23.4 Å². The number of hydrogen-bond donors (Lipinski definition) is 1. The first kappa shape index (κ1) is 11.4. The van der Waals surface area contributed by atoms with Gasteiger partial charge in [-0.05, 0) is 18.2 Å². The number of methoxy groups -OCH3 is 1. The Labute approximate surface area is 85.3 Å². The van der Waals surface area contributed by atoms with Crippen LogP contribution in [0.3, 0.4) is 0 Å². The first-order valence-corrected chi connectivity index (χ1v) is 4.16. The molecular formula is C10H10F2O3. The number of benzene rings is 1. The maximum Gasteiger partial charge on any atom is 0.335 e. The summed E-state index contributed by atoms with van der Waals surface area (Å²) in [5.41, 5.74) is -0.614. The van der Waals surface area contributed by atoms with Gasteiger partial charge in [-0.15, -0.1) is 0 Å². The zero-order valence-corrected chi connectivity index (χ0v) is 8.25. The van der Waals surface area contributed by atoms with Gasteiger partial charge in [-0.25, -0.2) is 13.6 Å². The Morgan fingerprint density at radius 3 is 2.47 bits per heavy atom. The molecule has 0 atom stereocenters. The average Bonchev–Trinajstić information content (AvgIpc) is 2.15. The molecule has 0 bridgehead atoms. The molecule has 0 aliphatic rings. The molecule has 1 aromatic rings. The average molecular weight is 216 g/mol. The molecular weight excluding hydrogens is 206 g/mol. The highest BCUT2D eigenvalue weighted by Crippen LogP contribution is 2.34. The number of carboxylic acids is 1. The minimum absolute atomic E-state index is 0.0208. The zero-order chi connectivity index (χ0) is 11.6. The molecule has 0 spiro atoms. The molecule has 15 heavy (non-hydrogen) atoms. The lowest BCUT2D eigenvalue weighted by atomic mass is 10.0. The molecule has 0 aliphatic heterocycles. The second-order valence-corrected chi connectivity index (χ2v) is 3.11. The van der Waals surface area contributed by atoms with Gasteiger partial charge in [-0.3, -0.25) is 0 Å². The van der Waals surface area contributed by atoms with E-state index < -0.39 is 17.5 Å². The van der Waals surface area contributed by atoms with Gasteiger partial charge in [0.25, 0.3) is 5.92 Å². The second-order valence-electron chi connectivity index (χ2n) is 3.11. The standard InChI is InChI=1S/C10H10F2O3/c1-10(11,12)7-5-6(9(13)14)3-4-8(7)15-2/h3-5H,1-2H3,(H,13,14). The minimum Gasteiger partial charge on any atom is -0.496 e. The first-order chi connectivity index (χ1) is 6.86. The van der Waals surface area contributed by atoms with Crippen LogP contribution in [0.5, 0.6) is 5.75 Å². The van der Waals surface area contributed by atoms with Crippen LogP contribution in [0.2, 0.25) is 0 Å². The Morgan fingerprint density at radius 1 is 1.47 bits per heavy atom. The van der Waals surface area contributed by atoms with Gasteiger partial charge in [0.2, 0.25) is 0 Å². The van der Waals surface area contributed by atoms with E-state index >= 15 is 0 Å². The summed E-state index contributed by atoms with van der Waals surface area (Å²) in [4.78, 5) is 10.6. The Kier molecular flexibility index (Phi) is 2.93. The van der Waals surface area contributed by atoms with Gasteiger partial charge in [0, 0.05) is 6.92 Å². The summed E-state index contributed by atoms with van der Waals surface area (Å²) in [5.74, 6) is -4.40. The van der Waals surface area contributed by atoms with Crippen molar-refractivity contribution in [2.24, 2.45) is 0 Å². The van der Waals surface area contributed by atoms with Crippen LogP contribution in [-0.2, 0) is 5.92 Å². The van der Waals surface area contributed by atoms with Crippen LogP contribution >= 0.6 is 0 Å². The van der Waals surface area contributed by atoms with Crippen molar-refractivity contribution >= 4 is 5.97 Å². The van der Waals surface area contributed by atoms with Crippen molar-refractivity contribution in [3.8, 4) is 5.75 Å². The van der Waals surface area contributed by atoms with E-state index in [2.05, 4.69) is 0 Å². The summed E-state index contributed by atoms with van der Waals surface area (Å²) < 4.78 is 30.9. The van der Waals surface area contributed by atoms with Crippen molar-refractivity contribution in [1.29, 1.82) is 0 Å². The highest BCUT2D eigenvalue weighted by Gasteiger charge is 2.29. The third-order valence-electron chi connectivity index (χ3n) is 1.92. The maximum atomic E-state index is 13.1. The number of alkyl halides is 2. The topological polar surface area (TPSA) is 46.5 Å². The maximum absolute atomic E-state index is 13.1. The SMILES string of the molecule is COc1ccc(C(=O)O)cc1C(C)(F)F. The molecule has 1 rings (SSSR count). The van der Waals surface area contributed by atoms with Gasteiger partial charge in [0.1, 0.15) is 5.75 Å². The fourth-order valence-electron chi connectivity index (χ4n) is 1.18. The predicted octanol–water partition coefficient (Wildman–Crippen LogP) is 2.51. The van der Waals surface area contributed by atoms with Crippen molar-refractivity contribution in [3.63, 3.8) is 0 Å². The van der Waals surface area contributed by atoms with Crippen LogP contribution in [0.15, 0.2) is 18.2 Å². The predicted molar refractivity (Wildman–Crippen MR) is 49.5 cm³/mol. The lowest BCUT2D eigenvalue weighted by Crippen LogP contribution is -2.11. The third-order valence-corrected chi connectivity index (χ3v) is 1.92. The molecule has 0 aliphatic carbocycles. The summed E-state index contributed by atoms with van der Waals surface area (Å²) in [5, 5.41) is 8.65. The quantitative estimate of drug-likeness (QED) is 0.844. The number of ether oxygens (including phenoxy) is 1. The van der Waals surface area contributed by atoms with Gasteiger partial charge in [0.15, 0.2) is 0 Å². The van der Waals surface area contributed by atoms with Crippen molar-refractivity contribution in [2.45, 2.75) is 12.8 Å². The van der Waals surface area contributed by atoms with E-state index in [1.807, 2.05) is 0 Å². The van der Waals surface area contributed by atoms with E-state index in [-0.39, 0.29) is 11.3 Å². The summed E-state index contributed by atoms with van der Waals surface area (Å²) in [7, 11) is 1.25. The van der Waals surface area contributed by atoms with E-state index in [9.17, 15) is 13.6 Å². The van der Waals surface area contributed by atoms with E-state index in [0.29, 0.717) is 6.92 Å². The molecule has 0 saturated carbocycles. The first-order valence-electron chi connectivity index (χ1n) is 4.16. The lowest BCUT2D eigenvalue weighted by Gasteiger charge is -2.15. The Morgan fingerprint density at radius 2 is 2.07 bits per heavy atom. The van der Waals surface area contributed by atoms with Gasteiger partial charge < -0.3 is 9.84 Å². The molecule has 0 amide bonds. The summed E-state index contributed by atoms with van der Waals surface area (Å²) >= 11 is 0. The Hall–Kier alpha value is -1.65. The van der Waals surface area contributed by atoms with Crippen molar-refractivity contribution in [2.75, 3.05) is 7.11 Å². The van der Waals surface area contributed by atoms with E-state index in [0.717, 1.165) is 6.07 Å². The minimum atomic E-state index is -3.13. The van der Waals surface area contributed by atoms with E-state index in [1.54, 1.807) is 0 Å². The van der Waals surface area contributed by atoms with Crippen LogP contribution in [0.1, 0.15) is 22.8 Å². The van der Waals surface area contributed by atoms with Gasteiger partial charge in [0.05, 0.1) is 18.2 Å². The molecule has 0 aromatic heterocycles. The lowest BCUT2D eigenvalue weighted by molar-refractivity contribution is 0.0150. The molecule has 1 N–H and O–H groups in total. The van der Waals surface area contributed by atoms with Crippen LogP contribution < -0.4 is 4.74 Å². The number of halogens is 2. The normalized spacial score (nSPS) is 11.2. The largest absolute Gasteiger partial charge is 0.496 e. The van der Waals surface area contributed by atoms with Crippen LogP contribution in [0.4, 0.5) is 8.78 Å². The molecule has 0 radical (unpaired) electrons. The van der Waals surface area contributed by atoms with Gasteiger partial charge in [-0.2, -0.15) is 0 Å². The van der Waals surface area contributed by atoms with Crippen LogP contribution in [0.25, 0.3) is 0 Å². The molecule has 0 saturated heterocycles. The summed E-state index contributed by atoms with van der Waals surface area (Å²) in [6.45, 7) is 0.691. The molecule has 3 nitrogen and oxygen atoms in total. The summed E-state index contributed by atoms with van der Waals surface area (Å²) in [6, 6.07) is 3.35. The van der Waals surface area contributed by atoms with Crippen LogP contribution in [-0.4, -0.2) is 18.2 Å². The highest BCUT2D eigenvalue weighted by atomic mass is 19.3. The fraction of sp³-hybridized carbons (Fsp3) is 0.300.